The molecule has 0 saturated heterocycles. The van der Waals surface area contributed by atoms with Gasteiger partial charge in [0.15, 0.2) is 0 Å². The van der Waals surface area contributed by atoms with E-state index in [1.54, 1.807) is 18.2 Å². The van der Waals surface area contributed by atoms with Crippen LogP contribution in [0.25, 0.3) is 0 Å². The lowest BCUT2D eigenvalue weighted by Gasteiger charge is -2.27. The molecule has 4 aromatic rings. The third-order valence-corrected chi connectivity index (χ3v) is 10.4. The van der Waals surface area contributed by atoms with Gasteiger partial charge in [0.05, 0.1) is 27.7 Å². The largest absolute Gasteiger partial charge is 0.748 e. The first-order chi connectivity index (χ1) is 18.1. The molecule has 38 heavy (non-hydrogen) atoms. The van der Waals surface area contributed by atoms with Crippen molar-refractivity contribution in [2.45, 2.75) is 6.42 Å². The Labute approximate surface area is 225 Å². The quantitative estimate of drug-likeness (QED) is 0.134. The van der Waals surface area contributed by atoms with Gasteiger partial charge in [0.2, 0.25) is 0 Å². The second kappa shape index (κ2) is 13.2. The molecule has 0 heterocycles. The number of nitrogens with two attached hydrogens (primary N) is 2. The van der Waals surface area contributed by atoms with Gasteiger partial charge in [0, 0.05) is 18.4 Å². The van der Waals surface area contributed by atoms with Crippen LogP contribution in [0.3, 0.4) is 0 Å². The van der Waals surface area contributed by atoms with Gasteiger partial charge in [-0.1, -0.05) is 54.6 Å². The monoisotopic (exact) mass is 549 g/mol. The van der Waals surface area contributed by atoms with Gasteiger partial charge in [0.1, 0.15) is 23.2 Å². The van der Waals surface area contributed by atoms with Gasteiger partial charge in [-0.3, -0.25) is 4.79 Å². The van der Waals surface area contributed by atoms with Crippen molar-refractivity contribution in [1.82, 2.24) is 5.32 Å². The Bertz CT molecular complexity index is 1330. The molecule has 0 aliphatic carbocycles. The van der Waals surface area contributed by atoms with Crippen LogP contribution in [0.5, 0.6) is 0 Å². The normalized spacial score (nSPS) is 11.2. The van der Waals surface area contributed by atoms with Gasteiger partial charge in [0.25, 0.3) is 5.91 Å². The van der Waals surface area contributed by atoms with Crippen LogP contribution in [0.2, 0.25) is 0 Å². The molecule has 0 radical (unpaired) electrons. The van der Waals surface area contributed by atoms with Gasteiger partial charge in [-0.15, -0.1) is 0 Å². The van der Waals surface area contributed by atoms with Crippen LogP contribution < -0.4 is 32.7 Å². The van der Waals surface area contributed by atoms with Crippen LogP contribution in [0.15, 0.2) is 109 Å². The molecule has 1 amide bonds. The van der Waals surface area contributed by atoms with Crippen molar-refractivity contribution in [1.29, 1.82) is 0 Å². The lowest BCUT2D eigenvalue weighted by atomic mass is 10.1. The second-order valence-electron chi connectivity index (χ2n) is 8.70. The molecular formula is C29H32N3O4PS. The van der Waals surface area contributed by atoms with E-state index in [2.05, 4.69) is 96.3 Å². The van der Waals surface area contributed by atoms with Gasteiger partial charge >= 0.3 is 0 Å². The van der Waals surface area contributed by atoms with E-state index in [9.17, 15) is 4.79 Å². The molecule has 0 aromatic heterocycles. The van der Waals surface area contributed by atoms with Gasteiger partial charge in [-0.25, -0.2) is 8.42 Å². The number of nitrogen functional groups attached to an aromatic ring is 2. The van der Waals surface area contributed by atoms with Crippen LogP contribution in [-0.2, 0) is 10.1 Å². The maximum atomic E-state index is 12.6. The summed E-state index contributed by atoms with van der Waals surface area (Å²) >= 11 is 0. The average molecular weight is 550 g/mol. The fraction of sp³-hybridized carbons (Fsp3) is 0.138. The summed E-state index contributed by atoms with van der Waals surface area (Å²) in [6.45, 7) is 0.581. The number of anilines is 2. The summed E-state index contributed by atoms with van der Waals surface area (Å²) in [5, 5.41) is 7.10. The van der Waals surface area contributed by atoms with E-state index in [0.717, 1.165) is 12.6 Å². The average Bonchev–Trinajstić information content (AvgIpc) is 2.91. The smallest absolute Gasteiger partial charge is 0.251 e. The Balaban J connectivity index is 0.000000732. The Morgan fingerprint density at radius 3 is 1.58 bits per heavy atom. The lowest BCUT2D eigenvalue weighted by Crippen LogP contribution is -2.34. The highest BCUT2D eigenvalue weighted by atomic mass is 32.2. The van der Waals surface area contributed by atoms with Crippen molar-refractivity contribution < 1.29 is 17.8 Å². The fourth-order valence-corrected chi connectivity index (χ4v) is 8.56. The van der Waals surface area contributed by atoms with Crippen LogP contribution in [-0.4, -0.2) is 37.8 Å². The molecule has 0 spiro atoms. The summed E-state index contributed by atoms with van der Waals surface area (Å²) in [4.78, 5) is 12.6. The number of hydrogen-bond donors (Lipinski definition) is 3. The first kappa shape index (κ1) is 28.9. The molecule has 4 aromatic carbocycles. The maximum Gasteiger partial charge on any atom is 0.251 e. The van der Waals surface area contributed by atoms with E-state index in [4.69, 9.17) is 24.4 Å². The standard InChI is InChI=1S/C28H28N3OP.CH4O3S/c29-26-18-17-22(21-27(26)30)28(32)31-19-10-20-33(23-11-4-1-5-12-23,24-13-6-2-7-14-24)25-15-8-3-9-16-25;1-5(2,3)4/h1-9,11-18,21H,10,19-20,30H2,(H2-,29,31,32);1H3,(H,2,3,4). The molecule has 0 aliphatic heterocycles. The van der Waals surface area contributed by atoms with Crippen molar-refractivity contribution >= 4 is 50.6 Å². The number of rotatable bonds is 8. The molecule has 0 fully saturated rings. The highest BCUT2D eigenvalue weighted by Gasteiger charge is 2.44. The maximum absolute atomic E-state index is 12.6. The molecule has 5 N–H and O–H groups in total. The number of carbonyl (C=O) groups is 1. The lowest BCUT2D eigenvalue weighted by molar-refractivity contribution is 0.0954. The molecule has 198 valence electrons. The topological polar surface area (TPSA) is 138 Å². The first-order valence-corrected chi connectivity index (χ1v) is 15.8. The van der Waals surface area contributed by atoms with Crippen molar-refractivity contribution in [3.05, 3.63) is 115 Å². The SMILES string of the molecule is CS(=O)(=O)[O-].Nc1ccc(C(=O)NCCC[P+](c2ccccc2)(c2ccccc2)c2ccccc2)cc1N. The zero-order chi connectivity index (χ0) is 27.6. The Morgan fingerprint density at radius 2 is 1.18 bits per heavy atom. The summed E-state index contributed by atoms with van der Waals surface area (Å²) in [5.74, 6) is -0.134. The van der Waals surface area contributed by atoms with Crippen molar-refractivity contribution in [3.63, 3.8) is 0 Å². The third kappa shape index (κ3) is 7.89. The second-order valence-corrected chi connectivity index (χ2v) is 13.7. The van der Waals surface area contributed by atoms with E-state index in [1.165, 1.54) is 15.9 Å². The zero-order valence-corrected chi connectivity index (χ0v) is 22.9. The molecule has 0 unspecified atom stereocenters. The summed E-state index contributed by atoms with van der Waals surface area (Å²) < 4.78 is 27.2. The summed E-state index contributed by atoms with van der Waals surface area (Å²) in [6.07, 6.45) is 2.41. The molecule has 0 atom stereocenters. The van der Waals surface area contributed by atoms with E-state index in [0.29, 0.717) is 29.7 Å². The van der Waals surface area contributed by atoms with E-state index in [1.807, 2.05) is 0 Å². The summed E-state index contributed by atoms with van der Waals surface area (Å²) in [5.41, 5.74) is 13.1. The highest BCUT2D eigenvalue weighted by molar-refractivity contribution is 7.95. The zero-order valence-electron chi connectivity index (χ0n) is 21.2. The molecule has 0 bridgehead atoms. The van der Waals surface area contributed by atoms with E-state index >= 15 is 0 Å². The van der Waals surface area contributed by atoms with Gasteiger partial charge < -0.3 is 21.3 Å². The Hall–Kier alpha value is -3.71. The van der Waals surface area contributed by atoms with Crippen molar-refractivity contribution in [3.8, 4) is 0 Å². The predicted molar refractivity (Wildman–Crippen MR) is 158 cm³/mol. The van der Waals surface area contributed by atoms with Crippen LogP contribution in [0, 0.1) is 0 Å². The van der Waals surface area contributed by atoms with E-state index < -0.39 is 17.4 Å². The number of carbonyl (C=O) groups excluding carboxylic acids is 1. The van der Waals surface area contributed by atoms with Gasteiger partial charge in [-0.05, 0) is 61.0 Å². The molecule has 4 rings (SSSR count). The van der Waals surface area contributed by atoms with Crippen LogP contribution >= 0.6 is 7.26 Å². The van der Waals surface area contributed by atoms with Crippen molar-refractivity contribution in [2.24, 2.45) is 0 Å². The number of amides is 1. The Kier molecular flexibility index (Phi) is 10.0. The minimum atomic E-state index is -3.92. The minimum absolute atomic E-state index is 0.134. The van der Waals surface area contributed by atoms with Gasteiger partial charge in [-0.2, -0.15) is 0 Å². The van der Waals surface area contributed by atoms with E-state index in [-0.39, 0.29) is 5.91 Å². The first-order valence-electron chi connectivity index (χ1n) is 12.0. The summed E-state index contributed by atoms with van der Waals surface area (Å²) in [6, 6.07) is 37.3. The number of hydrogen-bond acceptors (Lipinski definition) is 6. The third-order valence-electron chi connectivity index (χ3n) is 5.90. The highest BCUT2D eigenvalue weighted by Crippen LogP contribution is 2.55. The van der Waals surface area contributed by atoms with Crippen LogP contribution in [0.4, 0.5) is 11.4 Å². The predicted octanol–water partition coefficient (Wildman–Crippen LogP) is 3.13. The molecular weight excluding hydrogens is 517 g/mol. The number of nitrogens with one attached hydrogen (secondary N) is 1. The summed E-state index contributed by atoms with van der Waals surface area (Å²) in [7, 11) is -5.80. The molecule has 0 aliphatic rings. The number of benzene rings is 4. The van der Waals surface area contributed by atoms with Crippen LogP contribution in [0.1, 0.15) is 16.8 Å². The molecule has 0 saturated carbocycles. The Morgan fingerprint density at radius 1 is 0.763 bits per heavy atom. The minimum Gasteiger partial charge on any atom is -0.748 e. The molecule has 9 heteroatoms. The fourth-order valence-electron chi connectivity index (χ4n) is 4.22. The van der Waals surface area contributed by atoms with Crippen molar-refractivity contribution in [2.75, 3.05) is 30.4 Å². The molecule has 7 nitrogen and oxygen atoms in total.